The van der Waals surface area contributed by atoms with Gasteiger partial charge in [0.1, 0.15) is 5.82 Å². The summed E-state index contributed by atoms with van der Waals surface area (Å²) in [5.41, 5.74) is 5.35. The number of rotatable bonds is 4. The molecule has 1 unspecified atom stereocenters. The van der Waals surface area contributed by atoms with Crippen molar-refractivity contribution in [2.75, 3.05) is 6.54 Å². The minimum atomic E-state index is -0.271. The van der Waals surface area contributed by atoms with Crippen LogP contribution in [0.2, 0.25) is 5.02 Å². The van der Waals surface area contributed by atoms with Crippen molar-refractivity contribution in [1.82, 2.24) is 5.32 Å². The predicted octanol–water partition coefficient (Wildman–Crippen LogP) is 5.10. The van der Waals surface area contributed by atoms with Gasteiger partial charge in [0.05, 0.1) is 6.04 Å². The van der Waals surface area contributed by atoms with Crippen molar-refractivity contribution in [1.29, 1.82) is 0 Å². The maximum Gasteiger partial charge on any atom is 0.129 e. The number of hydrogen-bond acceptors (Lipinski definition) is 1. The molecule has 0 spiro atoms. The normalized spacial score (nSPS) is 12.5. The predicted molar refractivity (Wildman–Crippen MR) is 87.6 cm³/mol. The summed E-state index contributed by atoms with van der Waals surface area (Å²) in [5.74, 6) is -0.271. The van der Waals surface area contributed by atoms with Crippen LogP contribution < -0.4 is 5.32 Å². The van der Waals surface area contributed by atoms with Gasteiger partial charge in [-0.25, -0.2) is 4.39 Å². The van der Waals surface area contributed by atoms with Crippen molar-refractivity contribution < 1.29 is 4.39 Å². The van der Waals surface area contributed by atoms with Gasteiger partial charge in [-0.05, 0) is 56.1 Å². The maximum absolute atomic E-state index is 14.3. The SMILES string of the molecule is CCNC(c1ccc(Cl)cc1F)c1c(C)cc(C)cc1C. The Kier molecular flexibility index (Phi) is 5.02. The monoisotopic (exact) mass is 305 g/mol. The van der Waals surface area contributed by atoms with Crippen LogP contribution in [0.25, 0.3) is 0 Å². The van der Waals surface area contributed by atoms with E-state index < -0.39 is 0 Å². The van der Waals surface area contributed by atoms with Crippen LogP contribution in [0.4, 0.5) is 4.39 Å². The molecule has 2 aromatic rings. The van der Waals surface area contributed by atoms with E-state index in [2.05, 4.69) is 38.2 Å². The van der Waals surface area contributed by atoms with Gasteiger partial charge in [-0.15, -0.1) is 0 Å². The van der Waals surface area contributed by atoms with E-state index >= 15 is 0 Å². The molecule has 0 fully saturated rings. The molecule has 2 aromatic carbocycles. The summed E-state index contributed by atoms with van der Waals surface area (Å²) in [6.45, 7) is 9.02. The van der Waals surface area contributed by atoms with Crippen LogP contribution in [0.5, 0.6) is 0 Å². The van der Waals surface area contributed by atoms with Gasteiger partial charge in [0.25, 0.3) is 0 Å². The van der Waals surface area contributed by atoms with Crippen LogP contribution >= 0.6 is 11.6 Å². The Balaban J connectivity index is 2.59. The molecule has 0 saturated heterocycles. The molecule has 1 N–H and O–H groups in total. The van der Waals surface area contributed by atoms with Gasteiger partial charge in [0, 0.05) is 10.6 Å². The maximum atomic E-state index is 14.3. The zero-order valence-electron chi connectivity index (χ0n) is 12.9. The molecule has 0 aromatic heterocycles. The molecule has 0 radical (unpaired) electrons. The van der Waals surface area contributed by atoms with E-state index in [1.54, 1.807) is 12.1 Å². The summed E-state index contributed by atoms with van der Waals surface area (Å²) in [4.78, 5) is 0. The molecule has 3 heteroatoms. The third-order valence-corrected chi connectivity index (χ3v) is 3.94. The second-order valence-electron chi connectivity index (χ2n) is 5.47. The number of halogens is 2. The average Bonchev–Trinajstić information content (AvgIpc) is 2.37. The molecule has 112 valence electrons. The van der Waals surface area contributed by atoms with Gasteiger partial charge in [-0.3, -0.25) is 0 Å². The molecule has 0 heterocycles. The zero-order chi connectivity index (χ0) is 15.6. The first-order valence-corrected chi connectivity index (χ1v) is 7.58. The molecule has 0 aliphatic rings. The van der Waals surface area contributed by atoms with Crippen molar-refractivity contribution >= 4 is 11.6 Å². The molecule has 0 amide bonds. The molecule has 1 atom stereocenters. The molecule has 0 bridgehead atoms. The van der Waals surface area contributed by atoms with Crippen molar-refractivity contribution in [3.8, 4) is 0 Å². The van der Waals surface area contributed by atoms with E-state index in [-0.39, 0.29) is 11.9 Å². The Hall–Kier alpha value is -1.38. The van der Waals surface area contributed by atoms with E-state index in [1.807, 2.05) is 6.92 Å². The van der Waals surface area contributed by atoms with Crippen LogP contribution in [0.1, 0.15) is 40.8 Å². The van der Waals surface area contributed by atoms with E-state index in [1.165, 1.54) is 22.8 Å². The minimum absolute atomic E-state index is 0.159. The quantitative estimate of drug-likeness (QED) is 0.828. The Bertz CT molecular complexity index is 629. The van der Waals surface area contributed by atoms with Crippen molar-refractivity contribution in [3.63, 3.8) is 0 Å². The highest BCUT2D eigenvalue weighted by Gasteiger charge is 2.21. The summed E-state index contributed by atoms with van der Waals surface area (Å²) in [5, 5.41) is 3.81. The first-order valence-electron chi connectivity index (χ1n) is 7.20. The number of nitrogens with one attached hydrogen (secondary N) is 1. The van der Waals surface area contributed by atoms with Gasteiger partial charge < -0.3 is 5.32 Å². The molecule has 0 aliphatic carbocycles. The molecule has 0 saturated carbocycles. The Morgan fingerprint density at radius 1 is 1.10 bits per heavy atom. The van der Waals surface area contributed by atoms with Crippen LogP contribution in [-0.2, 0) is 0 Å². The van der Waals surface area contributed by atoms with Crippen LogP contribution in [0, 0.1) is 26.6 Å². The van der Waals surface area contributed by atoms with Crippen molar-refractivity contribution in [2.24, 2.45) is 0 Å². The third-order valence-electron chi connectivity index (χ3n) is 3.71. The summed E-state index contributed by atoms with van der Waals surface area (Å²) in [6.07, 6.45) is 0. The number of benzene rings is 2. The topological polar surface area (TPSA) is 12.0 Å². The lowest BCUT2D eigenvalue weighted by atomic mass is 9.89. The second kappa shape index (κ2) is 6.59. The highest BCUT2D eigenvalue weighted by molar-refractivity contribution is 6.30. The van der Waals surface area contributed by atoms with E-state index in [4.69, 9.17) is 11.6 Å². The van der Waals surface area contributed by atoms with E-state index in [0.29, 0.717) is 10.6 Å². The molecule has 1 nitrogen and oxygen atoms in total. The molecule has 0 aliphatic heterocycles. The fourth-order valence-electron chi connectivity index (χ4n) is 2.95. The van der Waals surface area contributed by atoms with Gasteiger partial charge in [-0.1, -0.05) is 42.3 Å². The fourth-order valence-corrected chi connectivity index (χ4v) is 3.11. The van der Waals surface area contributed by atoms with Gasteiger partial charge >= 0.3 is 0 Å². The Morgan fingerprint density at radius 2 is 1.71 bits per heavy atom. The first kappa shape index (κ1) is 16.0. The lowest BCUT2D eigenvalue weighted by molar-refractivity contribution is 0.556. The van der Waals surface area contributed by atoms with Crippen LogP contribution in [0.3, 0.4) is 0 Å². The molecular formula is C18H21ClFN. The average molecular weight is 306 g/mol. The number of hydrogen-bond donors (Lipinski definition) is 1. The highest BCUT2D eigenvalue weighted by atomic mass is 35.5. The van der Waals surface area contributed by atoms with Gasteiger partial charge in [0.15, 0.2) is 0 Å². The fraction of sp³-hybridized carbons (Fsp3) is 0.333. The van der Waals surface area contributed by atoms with Crippen LogP contribution in [-0.4, -0.2) is 6.54 Å². The summed E-state index contributed by atoms with van der Waals surface area (Å²) < 4.78 is 14.3. The second-order valence-corrected chi connectivity index (χ2v) is 5.91. The summed E-state index contributed by atoms with van der Waals surface area (Å²) in [7, 11) is 0. The molecule has 2 rings (SSSR count). The van der Waals surface area contributed by atoms with Crippen molar-refractivity contribution in [3.05, 3.63) is 69.0 Å². The lowest BCUT2D eigenvalue weighted by Gasteiger charge is -2.24. The lowest BCUT2D eigenvalue weighted by Crippen LogP contribution is -2.24. The highest BCUT2D eigenvalue weighted by Crippen LogP contribution is 2.31. The molecule has 21 heavy (non-hydrogen) atoms. The Labute approximate surface area is 131 Å². The van der Waals surface area contributed by atoms with E-state index in [9.17, 15) is 4.39 Å². The zero-order valence-corrected chi connectivity index (χ0v) is 13.7. The third kappa shape index (κ3) is 3.45. The van der Waals surface area contributed by atoms with Crippen molar-refractivity contribution in [2.45, 2.75) is 33.7 Å². The van der Waals surface area contributed by atoms with Gasteiger partial charge in [-0.2, -0.15) is 0 Å². The Morgan fingerprint density at radius 3 is 2.24 bits per heavy atom. The largest absolute Gasteiger partial charge is 0.306 e. The minimum Gasteiger partial charge on any atom is -0.306 e. The summed E-state index contributed by atoms with van der Waals surface area (Å²) in [6, 6.07) is 9.00. The number of aryl methyl sites for hydroxylation is 3. The first-order chi connectivity index (χ1) is 9.93. The van der Waals surface area contributed by atoms with Crippen LogP contribution in [0.15, 0.2) is 30.3 Å². The smallest absolute Gasteiger partial charge is 0.129 e. The van der Waals surface area contributed by atoms with E-state index in [0.717, 1.165) is 12.1 Å². The molecular weight excluding hydrogens is 285 g/mol. The standard InChI is InChI=1S/C18H21ClFN/c1-5-21-18(15-7-6-14(19)10-16(15)20)17-12(3)8-11(2)9-13(17)4/h6-10,18,21H,5H2,1-4H3. The summed E-state index contributed by atoms with van der Waals surface area (Å²) >= 11 is 5.87. The van der Waals surface area contributed by atoms with Gasteiger partial charge in [0.2, 0.25) is 0 Å².